The molecule has 1 N–H and O–H groups in total. The third-order valence-electron chi connectivity index (χ3n) is 3.88. The molecule has 1 atom stereocenters. The van der Waals surface area contributed by atoms with Crippen molar-refractivity contribution >= 4 is 17.0 Å². The molecule has 0 amide bonds. The molecule has 2 aromatic rings. The molecular weight excluding hydrogens is 234 g/mol. The van der Waals surface area contributed by atoms with Crippen LogP contribution in [-0.2, 0) is 7.05 Å². The van der Waals surface area contributed by atoms with Crippen molar-refractivity contribution in [3.63, 3.8) is 0 Å². The number of anilines is 1. The number of nitrogens with zero attached hydrogens (tertiary/aromatic N) is 2. The standard InChI is InChI=1S/C16H25N3/c1-4-6-9-13(5-2)12-17-16-18-14-10-7-8-11-15(14)19(16)3/h7-8,10-11,13H,4-6,9,12H2,1-3H3,(H,17,18). The van der Waals surface area contributed by atoms with E-state index in [2.05, 4.69) is 54.0 Å². The number of rotatable bonds is 7. The average Bonchev–Trinajstić information content (AvgIpc) is 2.76. The molecule has 19 heavy (non-hydrogen) atoms. The minimum Gasteiger partial charge on any atom is -0.355 e. The Morgan fingerprint density at radius 1 is 1.26 bits per heavy atom. The molecule has 1 aromatic heterocycles. The number of para-hydroxylation sites is 2. The lowest BCUT2D eigenvalue weighted by molar-refractivity contribution is 0.471. The Balaban J connectivity index is 2.02. The Kier molecular flexibility index (Phi) is 4.83. The van der Waals surface area contributed by atoms with Crippen LogP contribution in [0.15, 0.2) is 24.3 Å². The number of hydrogen-bond donors (Lipinski definition) is 1. The number of nitrogens with one attached hydrogen (secondary N) is 1. The number of aryl methyl sites for hydroxylation is 1. The maximum Gasteiger partial charge on any atom is 0.203 e. The van der Waals surface area contributed by atoms with Gasteiger partial charge in [-0.15, -0.1) is 0 Å². The van der Waals surface area contributed by atoms with Crippen LogP contribution in [0.4, 0.5) is 5.95 Å². The average molecular weight is 259 g/mol. The number of fused-ring (bicyclic) bond motifs is 1. The predicted octanol–water partition coefficient (Wildman–Crippen LogP) is 4.20. The van der Waals surface area contributed by atoms with E-state index in [4.69, 9.17) is 0 Å². The van der Waals surface area contributed by atoms with Gasteiger partial charge in [-0.2, -0.15) is 0 Å². The van der Waals surface area contributed by atoms with Crippen LogP contribution in [0.2, 0.25) is 0 Å². The van der Waals surface area contributed by atoms with Crippen LogP contribution in [-0.4, -0.2) is 16.1 Å². The largest absolute Gasteiger partial charge is 0.355 e. The number of benzene rings is 1. The van der Waals surface area contributed by atoms with Crippen molar-refractivity contribution in [2.75, 3.05) is 11.9 Å². The lowest BCUT2D eigenvalue weighted by Gasteiger charge is -2.15. The molecule has 0 bridgehead atoms. The lowest BCUT2D eigenvalue weighted by atomic mass is 9.99. The van der Waals surface area contributed by atoms with Gasteiger partial charge in [-0.3, -0.25) is 0 Å². The fourth-order valence-corrected chi connectivity index (χ4v) is 2.48. The van der Waals surface area contributed by atoms with E-state index in [9.17, 15) is 0 Å². The molecule has 0 aliphatic rings. The van der Waals surface area contributed by atoms with E-state index in [0.29, 0.717) is 0 Å². The molecule has 3 nitrogen and oxygen atoms in total. The second-order valence-corrected chi connectivity index (χ2v) is 5.28. The monoisotopic (exact) mass is 259 g/mol. The molecule has 104 valence electrons. The van der Waals surface area contributed by atoms with Crippen molar-refractivity contribution in [1.82, 2.24) is 9.55 Å². The van der Waals surface area contributed by atoms with Crippen LogP contribution in [0, 0.1) is 5.92 Å². The molecule has 3 heteroatoms. The summed E-state index contributed by atoms with van der Waals surface area (Å²) in [6.07, 6.45) is 5.15. The number of aromatic nitrogens is 2. The number of unbranched alkanes of at least 4 members (excludes halogenated alkanes) is 1. The van der Waals surface area contributed by atoms with E-state index in [1.165, 1.54) is 31.2 Å². The molecule has 1 unspecified atom stereocenters. The first-order valence-electron chi connectivity index (χ1n) is 7.41. The highest BCUT2D eigenvalue weighted by Crippen LogP contribution is 2.19. The summed E-state index contributed by atoms with van der Waals surface area (Å²) < 4.78 is 2.14. The summed E-state index contributed by atoms with van der Waals surface area (Å²) in [6.45, 7) is 5.55. The molecular formula is C16H25N3. The molecule has 0 saturated carbocycles. The first-order chi connectivity index (χ1) is 9.26. The second-order valence-electron chi connectivity index (χ2n) is 5.28. The first-order valence-corrected chi connectivity index (χ1v) is 7.41. The highest BCUT2D eigenvalue weighted by Gasteiger charge is 2.09. The van der Waals surface area contributed by atoms with Crippen LogP contribution >= 0.6 is 0 Å². The van der Waals surface area contributed by atoms with Gasteiger partial charge in [0.15, 0.2) is 0 Å². The topological polar surface area (TPSA) is 29.9 Å². The Morgan fingerprint density at radius 3 is 2.74 bits per heavy atom. The second kappa shape index (κ2) is 6.60. The van der Waals surface area contributed by atoms with E-state index >= 15 is 0 Å². The van der Waals surface area contributed by atoms with Gasteiger partial charge in [0, 0.05) is 13.6 Å². The van der Waals surface area contributed by atoms with Crippen LogP contribution in [0.25, 0.3) is 11.0 Å². The van der Waals surface area contributed by atoms with Gasteiger partial charge in [0.2, 0.25) is 5.95 Å². The summed E-state index contributed by atoms with van der Waals surface area (Å²) in [6, 6.07) is 8.27. The summed E-state index contributed by atoms with van der Waals surface area (Å²) in [5.74, 6) is 1.73. The highest BCUT2D eigenvalue weighted by atomic mass is 15.2. The molecule has 0 fully saturated rings. The van der Waals surface area contributed by atoms with Crippen LogP contribution < -0.4 is 5.32 Å². The summed E-state index contributed by atoms with van der Waals surface area (Å²) in [5, 5.41) is 3.51. The smallest absolute Gasteiger partial charge is 0.203 e. The third kappa shape index (κ3) is 3.28. The van der Waals surface area contributed by atoms with Gasteiger partial charge < -0.3 is 9.88 Å². The molecule has 0 aliphatic carbocycles. The molecule has 2 rings (SSSR count). The molecule has 0 spiro atoms. The maximum absolute atomic E-state index is 4.65. The van der Waals surface area contributed by atoms with E-state index < -0.39 is 0 Å². The van der Waals surface area contributed by atoms with Crippen molar-refractivity contribution in [2.24, 2.45) is 13.0 Å². The van der Waals surface area contributed by atoms with E-state index in [0.717, 1.165) is 23.9 Å². The summed E-state index contributed by atoms with van der Waals surface area (Å²) in [4.78, 5) is 4.65. The van der Waals surface area contributed by atoms with Crippen molar-refractivity contribution < 1.29 is 0 Å². The van der Waals surface area contributed by atoms with Crippen molar-refractivity contribution in [1.29, 1.82) is 0 Å². The van der Waals surface area contributed by atoms with E-state index in [-0.39, 0.29) is 0 Å². The quantitative estimate of drug-likeness (QED) is 0.807. The summed E-state index contributed by atoms with van der Waals surface area (Å²) in [7, 11) is 2.07. The fourth-order valence-electron chi connectivity index (χ4n) is 2.48. The zero-order valence-corrected chi connectivity index (χ0v) is 12.3. The number of imidazole rings is 1. The van der Waals surface area contributed by atoms with Crippen molar-refractivity contribution in [3.05, 3.63) is 24.3 Å². The van der Waals surface area contributed by atoms with Gasteiger partial charge in [-0.05, 0) is 24.5 Å². The minimum atomic E-state index is 0.750. The zero-order chi connectivity index (χ0) is 13.7. The van der Waals surface area contributed by atoms with E-state index in [1.807, 2.05) is 6.07 Å². The molecule has 0 saturated heterocycles. The summed E-state index contributed by atoms with van der Waals surface area (Å²) in [5.41, 5.74) is 2.25. The molecule has 0 radical (unpaired) electrons. The van der Waals surface area contributed by atoms with Crippen LogP contribution in [0.1, 0.15) is 39.5 Å². The Morgan fingerprint density at radius 2 is 2.05 bits per heavy atom. The van der Waals surface area contributed by atoms with Crippen LogP contribution in [0.5, 0.6) is 0 Å². The van der Waals surface area contributed by atoms with Crippen molar-refractivity contribution in [3.8, 4) is 0 Å². The maximum atomic E-state index is 4.65. The van der Waals surface area contributed by atoms with Gasteiger partial charge in [0.25, 0.3) is 0 Å². The Labute approximate surface area is 116 Å². The molecule has 1 aromatic carbocycles. The highest BCUT2D eigenvalue weighted by molar-refractivity contribution is 5.78. The van der Waals surface area contributed by atoms with Gasteiger partial charge >= 0.3 is 0 Å². The minimum absolute atomic E-state index is 0.750. The number of hydrogen-bond acceptors (Lipinski definition) is 2. The van der Waals surface area contributed by atoms with Gasteiger partial charge in [-0.25, -0.2) is 4.98 Å². The van der Waals surface area contributed by atoms with Gasteiger partial charge in [0.05, 0.1) is 11.0 Å². The Hall–Kier alpha value is -1.51. The normalized spacial score (nSPS) is 12.8. The predicted molar refractivity (Wildman–Crippen MR) is 82.5 cm³/mol. The van der Waals surface area contributed by atoms with Crippen LogP contribution in [0.3, 0.4) is 0 Å². The first kappa shape index (κ1) is 13.9. The third-order valence-corrected chi connectivity index (χ3v) is 3.88. The van der Waals surface area contributed by atoms with Gasteiger partial charge in [-0.1, -0.05) is 45.2 Å². The fraction of sp³-hybridized carbons (Fsp3) is 0.562. The zero-order valence-electron chi connectivity index (χ0n) is 12.3. The van der Waals surface area contributed by atoms with Crippen molar-refractivity contribution in [2.45, 2.75) is 39.5 Å². The van der Waals surface area contributed by atoms with Gasteiger partial charge in [0.1, 0.15) is 0 Å². The molecule has 0 aliphatic heterocycles. The Bertz CT molecular complexity index is 516. The SMILES string of the molecule is CCCCC(CC)CNc1nc2ccccc2n1C. The summed E-state index contributed by atoms with van der Waals surface area (Å²) >= 11 is 0. The molecule has 1 heterocycles. The lowest BCUT2D eigenvalue weighted by Crippen LogP contribution is -2.15. The van der Waals surface area contributed by atoms with E-state index in [1.54, 1.807) is 0 Å².